The van der Waals surface area contributed by atoms with E-state index in [-0.39, 0.29) is 29.1 Å². The quantitative estimate of drug-likeness (QED) is 0.256. The van der Waals surface area contributed by atoms with Gasteiger partial charge >= 0.3 is 0 Å². The Hall–Kier alpha value is -3.76. The highest BCUT2D eigenvalue weighted by molar-refractivity contribution is 7.92. The minimum atomic E-state index is -4.28. The Kier molecular flexibility index (Phi) is 11.2. The van der Waals surface area contributed by atoms with Gasteiger partial charge < -0.3 is 19.7 Å². The van der Waals surface area contributed by atoms with Crippen LogP contribution < -0.4 is 19.1 Å². The van der Waals surface area contributed by atoms with Crippen LogP contribution in [-0.4, -0.2) is 58.0 Å². The Morgan fingerprint density at radius 1 is 0.977 bits per heavy atom. The van der Waals surface area contributed by atoms with Gasteiger partial charge in [0.15, 0.2) is 11.5 Å². The molecule has 1 saturated carbocycles. The number of ether oxygens (including phenoxy) is 2. The number of methoxy groups -OCH3 is 2. The van der Waals surface area contributed by atoms with E-state index in [2.05, 4.69) is 5.32 Å². The lowest BCUT2D eigenvalue weighted by Crippen LogP contribution is -2.53. The number of nitrogens with zero attached hydrogens (tertiary/aromatic N) is 2. The predicted molar refractivity (Wildman–Crippen MR) is 172 cm³/mol. The van der Waals surface area contributed by atoms with Crippen LogP contribution in [0.25, 0.3) is 0 Å². The van der Waals surface area contributed by atoms with E-state index < -0.39 is 28.5 Å². The van der Waals surface area contributed by atoms with E-state index in [9.17, 15) is 18.0 Å². The molecule has 11 heteroatoms. The Balaban J connectivity index is 1.75. The molecule has 1 N–H and O–H groups in total. The number of benzene rings is 3. The van der Waals surface area contributed by atoms with Gasteiger partial charge in [0.25, 0.3) is 10.0 Å². The van der Waals surface area contributed by atoms with Crippen LogP contribution in [0.1, 0.15) is 50.2 Å². The summed E-state index contributed by atoms with van der Waals surface area (Å²) in [6.45, 7) is 3.22. The van der Waals surface area contributed by atoms with E-state index in [4.69, 9.17) is 21.1 Å². The Labute approximate surface area is 265 Å². The van der Waals surface area contributed by atoms with E-state index in [1.807, 2.05) is 19.9 Å². The Bertz CT molecular complexity index is 1560. The highest BCUT2D eigenvalue weighted by atomic mass is 35.5. The van der Waals surface area contributed by atoms with E-state index in [1.165, 1.54) is 37.3 Å². The third-order valence-electron chi connectivity index (χ3n) is 7.93. The van der Waals surface area contributed by atoms with Crippen LogP contribution in [0.3, 0.4) is 0 Å². The molecule has 0 bridgehead atoms. The molecule has 1 atom stereocenters. The van der Waals surface area contributed by atoms with Gasteiger partial charge in [0.2, 0.25) is 11.8 Å². The molecule has 1 unspecified atom stereocenters. The van der Waals surface area contributed by atoms with Crippen LogP contribution in [0.5, 0.6) is 11.5 Å². The number of rotatable bonds is 13. The minimum absolute atomic E-state index is 0.0350. The number of sulfonamides is 1. The molecular weight excluding hydrogens is 602 g/mol. The number of hydrogen-bond acceptors (Lipinski definition) is 6. The predicted octanol–water partition coefficient (Wildman–Crippen LogP) is 5.73. The highest BCUT2D eigenvalue weighted by Gasteiger charge is 2.35. The lowest BCUT2D eigenvalue weighted by Gasteiger charge is -2.34. The topological polar surface area (TPSA) is 105 Å². The molecule has 2 amide bonds. The number of carbonyl (C=O) groups excluding carboxylic acids is 2. The fraction of sp³-hybridized carbons (Fsp3) is 0.394. The average Bonchev–Trinajstić information content (AvgIpc) is 3.53. The zero-order valence-corrected chi connectivity index (χ0v) is 27.2. The summed E-state index contributed by atoms with van der Waals surface area (Å²) in [5.74, 6) is -0.194. The van der Waals surface area contributed by atoms with Crippen molar-refractivity contribution in [3.8, 4) is 11.5 Å². The van der Waals surface area contributed by atoms with Crippen molar-refractivity contribution in [2.75, 3.05) is 25.1 Å². The minimum Gasteiger partial charge on any atom is -0.493 e. The first-order valence-electron chi connectivity index (χ1n) is 14.7. The lowest BCUT2D eigenvalue weighted by molar-refractivity contribution is -0.140. The maximum Gasteiger partial charge on any atom is 0.264 e. The van der Waals surface area contributed by atoms with Gasteiger partial charge in [0, 0.05) is 23.7 Å². The SMILES string of the molecule is CCC(C(=O)NC1CCCC1)N(Cc1ccccc1Cl)C(=O)CN(c1ccc(C)cc1)S(=O)(=O)c1ccc(OC)c(OC)c1. The molecule has 0 heterocycles. The molecule has 0 aliphatic heterocycles. The molecule has 1 aliphatic carbocycles. The first kappa shape index (κ1) is 33.1. The third kappa shape index (κ3) is 7.65. The number of nitrogens with one attached hydrogen (secondary N) is 1. The summed E-state index contributed by atoms with van der Waals surface area (Å²) < 4.78 is 40.1. The van der Waals surface area contributed by atoms with Crippen molar-refractivity contribution in [3.63, 3.8) is 0 Å². The molecular formula is C33H40ClN3O6S. The molecule has 1 aliphatic rings. The molecule has 236 valence electrons. The summed E-state index contributed by atoms with van der Waals surface area (Å²) in [4.78, 5) is 29.3. The van der Waals surface area contributed by atoms with Crippen molar-refractivity contribution in [1.29, 1.82) is 0 Å². The van der Waals surface area contributed by atoms with Gasteiger partial charge in [0.1, 0.15) is 12.6 Å². The number of halogens is 1. The zero-order valence-electron chi connectivity index (χ0n) is 25.6. The maximum absolute atomic E-state index is 14.3. The van der Waals surface area contributed by atoms with Crippen LogP contribution in [-0.2, 0) is 26.2 Å². The van der Waals surface area contributed by atoms with Crippen LogP contribution in [0.2, 0.25) is 5.02 Å². The van der Waals surface area contributed by atoms with Crippen molar-refractivity contribution in [3.05, 3.63) is 82.9 Å². The normalized spacial score (nSPS) is 14.1. The standard InChI is InChI=1S/C33H40ClN3O6S/c1-5-29(33(39)35-25-11-7-8-12-25)36(21-24-10-6-9-13-28(24)34)32(38)22-37(26-16-14-23(2)15-17-26)44(40,41)27-18-19-30(42-3)31(20-27)43-4/h6,9-10,13-20,25,29H,5,7-8,11-12,21-22H2,1-4H3,(H,35,39). The van der Waals surface area contributed by atoms with E-state index in [1.54, 1.807) is 42.5 Å². The summed E-state index contributed by atoms with van der Waals surface area (Å²) in [5, 5.41) is 3.56. The van der Waals surface area contributed by atoms with Crippen molar-refractivity contribution >= 4 is 39.1 Å². The number of hydrogen-bond donors (Lipinski definition) is 1. The molecule has 0 radical (unpaired) electrons. The molecule has 3 aromatic rings. The van der Waals surface area contributed by atoms with E-state index in [0.29, 0.717) is 28.4 Å². The van der Waals surface area contributed by atoms with Crippen molar-refractivity contribution < 1.29 is 27.5 Å². The summed E-state index contributed by atoms with van der Waals surface area (Å²) in [6.07, 6.45) is 4.21. The van der Waals surface area contributed by atoms with Gasteiger partial charge in [-0.2, -0.15) is 0 Å². The van der Waals surface area contributed by atoms with Gasteiger partial charge in [-0.1, -0.05) is 67.3 Å². The van der Waals surface area contributed by atoms with Gasteiger partial charge in [-0.25, -0.2) is 8.42 Å². The molecule has 0 aromatic heterocycles. The monoisotopic (exact) mass is 641 g/mol. The largest absolute Gasteiger partial charge is 0.493 e. The number of carbonyl (C=O) groups is 2. The Morgan fingerprint density at radius 3 is 2.25 bits per heavy atom. The van der Waals surface area contributed by atoms with Crippen LogP contribution >= 0.6 is 11.6 Å². The van der Waals surface area contributed by atoms with Crippen LogP contribution in [0, 0.1) is 6.92 Å². The maximum atomic E-state index is 14.3. The second-order valence-corrected chi connectivity index (χ2v) is 13.2. The fourth-order valence-corrected chi connectivity index (χ4v) is 7.07. The molecule has 1 fully saturated rings. The lowest BCUT2D eigenvalue weighted by atomic mass is 10.1. The first-order valence-corrected chi connectivity index (χ1v) is 16.6. The average molecular weight is 642 g/mol. The first-order chi connectivity index (χ1) is 21.1. The summed E-state index contributed by atoms with van der Waals surface area (Å²) in [5.41, 5.74) is 1.89. The van der Waals surface area contributed by atoms with Gasteiger partial charge in [-0.3, -0.25) is 13.9 Å². The number of amides is 2. The second kappa shape index (κ2) is 14.8. The van der Waals surface area contributed by atoms with Gasteiger partial charge in [-0.05, 0) is 62.1 Å². The van der Waals surface area contributed by atoms with E-state index in [0.717, 1.165) is 35.6 Å². The molecule has 9 nitrogen and oxygen atoms in total. The molecule has 0 saturated heterocycles. The molecule has 3 aromatic carbocycles. The summed E-state index contributed by atoms with van der Waals surface area (Å²) in [7, 11) is -1.40. The van der Waals surface area contributed by atoms with Crippen molar-refractivity contribution in [1.82, 2.24) is 10.2 Å². The second-order valence-electron chi connectivity index (χ2n) is 10.9. The van der Waals surface area contributed by atoms with Crippen LogP contribution in [0.15, 0.2) is 71.6 Å². The zero-order chi connectivity index (χ0) is 31.9. The third-order valence-corrected chi connectivity index (χ3v) is 10.1. The molecule has 4 rings (SSSR count). The smallest absolute Gasteiger partial charge is 0.264 e. The Morgan fingerprint density at radius 2 is 1.64 bits per heavy atom. The van der Waals surface area contributed by atoms with E-state index >= 15 is 0 Å². The highest BCUT2D eigenvalue weighted by Crippen LogP contribution is 2.33. The summed E-state index contributed by atoms with van der Waals surface area (Å²) >= 11 is 6.49. The van der Waals surface area contributed by atoms with Crippen LogP contribution in [0.4, 0.5) is 5.69 Å². The molecule has 0 spiro atoms. The van der Waals surface area contributed by atoms with Gasteiger partial charge in [-0.15, -0.1) is 0 Å². The van der Waals surface area contributed by atoms with Gasteiger partial charge in [0.05, 0.1) is 24.8 Å². The molecule has 44 heavy (non-hydrogen) atoms. The fourth-order valence-electron chi connectivity index (χ4n) is 5.44. The van der Waals surface area contributed by atoms with Crippen molar-refractivity contribution in [2.45, 2.75) is 69.5 Å². The van der Waals surface area contributed by atoms with Crippen molar-refractivity contribution in [2.24, 2.45) is 0 Å². The number of aryl methyl sites for hydroxylation is 1. The summed E-state index contributed by atoms with van der Waals surface area (Å²) in [6, 6.07) is 17.5. The number of anilines is 1.